The van der Waals surface area contributed by atoms with Gasteiger partial charge in [-0.3, -0.25) is 19.2 Å². The Morgan fingerprint density at radius 2 is 1.58 bits per heavy atom. The summed E-state index contributed by atoms with van der Waals surface area (Å²) in [4.78, 5) is 65.2. The third-order valence-corrected chi connectivity index (χ3v) is 6.51. The molecule has 12 heteroatoms. The number of amides is 4. The largest absolute Gasteiger partial charge is 0.480 e. The van der Waals surface area contributed by atoms with Crippen LogP contribution in [0, 0.1) is 11.8 Å². The number of H-pyrrole nitrogens is 1. The molecule has 0 aliphatic carbocycles. The molecule has 12 nitrogen and oxygen atoms in total. The smallest absolute Gasteiger partial charge is 0.326 e. The van der Waals surface area contributed by atoms with Gasteiger partial charge in [0.15, 0.2) is 0 Å². The van der Waals surface area contributed by atoms with E-state index in [0.29, 0.717) is 6.42 Å². The van der Waals surface area contributed by atoms with Crippen molar-refractivity contribution in [3.05, 3.63) is 36.0 Å². The molecule has 208 valence electrons. The molecule has 5 unspecified atom stereocenters. The van der Waals surface area contributed by atoms with Crippen molar-refractivity contribution in [3.63, 3.8) is 0 Å². The Bertz CT molecular complexity index is 1160. The maximum absolute atomic E-state index is 13.4. The number of carbonyl (C=O) groups excluding carboxylic acids is 4. The third kappa shape index (κ3) is 8.04. The van der Waals surface area contributed by atoms with Crippen molar-refractivity contribution < 1.29 is 29.1 Å². The van der Waals surface area contributed by atoms with E-state index >= 15 is 0 Å². The standard InChI is InChI=1S/C26H38N6O6/c1-5-14(4)22(26(37)38)32-24(35)19(10-15-12-29-18-9-7-6-8-16(15)18)30-25(36)21(13(2)3)31-23(34)17(27)11-20(28)33/h6-9,12-14,17,19,21-22,29H,5,10-11,27H2,1-4H3,(H2,28,33)(H,30,36)(H,31,34)(H,32,35)(H,37,38). The molecular weight excluding hydrogens is 492 g/mol. The normalized spacial score (nSPS) is 15.2. The zero-order valence-corrected chi connectivity index (χ0v) is 22.1. The van der Waals surface area contributed by atoms with E-state index in [2.05, 4.69) is 20.9 Å². The van der Waals surface area contributed by atoms with Gasteiger partial charge in [-0.2, -0.15) is 0 Å². The molecule has 0 saturated heterocycles. The van der Waals surface area contributed by atoms with Gasteiger partial charge in [0, 0.05) is 23.5 Å². The number of nitrogens with two attached hydrogens (primary N) is 2. The summed E-state index contributed by atoms with van der Waals surface area (Å²) in [5.74, 6) is -4.76. The molecule has 0 saturated carbocycles. The quantitative estimate of drug-likeness (QED) is 0.180. The lowest BCUT2D eigenvalue weighted by atomic mass is 9.97. The average Bonchev–Trinajstić information content (AvgIpc) is 3.26. The zero-order valence-electron chi connectivity index (χ0n) is 22.1. The van der Waals surface area contributed by atoms with Crippen LogP contribution in [0.25, 0.3) is 10.9 Å². The van der Waals surface area contributed by atoms with Gasteiger partial charge in [-0.05, 0) is 23.5 Å². The molecule has 1 aromatic carbocycles. The van der Waals surface area contributed by atoms with Crippen molar-refractivity contribution in [1.29, 1.82) is 0 Å². The molecule has 5 atom stereocenters. The van der Waals surface area contributed by atoms with Crippen LogP contribution in [0.15, 0.2) is 30.5 Å². The van der Waals surface area contributed by atoms with Crippen LogP contribution in [0.5, 0.6) is 0 Å². The van der Waals surface area contributed by atoms with Crippen molar-refractivity contribution in [3.8, 4) is 0 Å². The molecule has 0 bridgehead atoms. The van der Waals surface area contributed by atoms with Gasteiger partial charge in [0.25, 0.3) is 0 Å². The minimum absolute atomic E-state index is 0.0639. The van der Waals surface area contributed by atoms with E-state index in [9.17, 15) is 29.1 Å². The number of fused-ring (bicyclic) bond motifs is 1. The monoisotopic (exact) mass is 530 g/mol. The van der Waals surface area contributed by atoms with E-state index in [-0.39, 0.29) is 12.3 Å². The first-order valence-electron chi connectivity index (χ1n) is 12.6. The van der Waals surface area contributed by atoms with Crippen LogP contribution in [0.4, 0.5) is 0 Å². The number of primary amides is 1. The Hall–Kier alpha value is -3.93. The molecular formula is C26H38N6O6. The summed E-state index contributed by atoms with van der Waals surface area (Å²) in [5.41, 5.74) is 12.4. The highest BCUT2D eigenvalue weighted by Gasteiger charge is 2.33. The molecule has 2 rings (SSSR count). The summed E-state index contributed by atoms with van der Waals surface area (Å²) in [6.07, 6.45) is 1.92. The van der Waals surface area contributed by atoms with Crippen LogP contribution in [-0.4, -0.2) is 63.9 Å². The second kappa shape index (κ2) is 13.6. The topological polar surface area (TPSA) is 210 Å². The Balaban J connectivity index is 2.32. The summed E-state index contributed by atoms with van der Waals surface area (Å²) in [7, 11) is 0. The Morgan fingerprint density at radius 1 is 0.947 bits per heavy atom. The molecule has 0 radical (unpaired) electrons. The maximum atomic E-state index is 13.4. The van der Waals surface area contributed by atoms with Gasteiger partial charge in [-0.15, -0.1) is 0 Å². The van der Waals surface area contributed by atoms with E-state index in [1.54, 1.807) is 27.0 Å². The number of hydrogen-bond acceptors (Lipinski definition) is 6. The fourth-order valence-electron chi connectivity index (χ4n) is 4.03. The van der Waals surface area contributed by atoms with Crippen LogP contribution in [0.1, 0.15) is 46.1 Å². The van der Waals surface area contributed by atoms with Crippen molar-refractivity contribution in [2.24, 2.45) is 23.3 Å². The molecule has 2 aromatic rings. The van der Waals surface area contributed by atoms with Crippen LogP contribution in [-0.2, 0) is 30.4 Å². The fourth-order valence-corrected chi connectivity index (χ4v) is 4.03. The van der Waals surface area contributed by atoms with E-state index in [1.165, 1.54) is 0 Å². The zero-order chi connectivity index (χ0) is 28.6. The van der Waals surface area contributed by atoms with Gasteiger partial charge in [0.1, 0.15) is 18.1 Å². The minimum atomic E-state index is -1.24. The highest BCUT2D eigenvalue weighted by Crippen LogP contribution is 2.20. The van der Waals surface area contributed by atoms with Crippen LogP contribution >= 0.6 is 0 Å². The number of aliphatic carboxylic acids is 1. The number of carboxylic acid groups (broad SMARTS) is 1. The number of para-hydroxylation sites is 1. The number of hydrogen-bond donors (Lipinski definition) is 7. The third-order valence-electron chi connectivity index (χ3n) is 6.51. The molecule has 0 fully saturated rings. The van der Waals surface area contributed by atoms with Crippen molar-refractivity contribution in [2.45, 2.75) is 71.1 Å². The first kappa shape index (κ1) is 30.3. The van der Waals surface area contributed by atoms with Gasteiger partial charge >= 0.3 is 5.97 Å². The lowest BCUT2D eigenvalue weighted by molar-refractivity contribution is -0.143. The number of aromatic nitrogens is 1. The highest BCUT2D eigenvalue weighted by atomic mass is 16.4. The summed E-state index contributed by atoms with van der Waals surface area (Å²) in [6.45, 7) is 6.92. The van der Waals surface area contributed by atoms with Gasteiger partial charge < -0.3 is 37.5 Å². The number of carbonyl (C=O) groups is 5. The van der Waals surface area contributed by atoms with Gasteiger partial charge in [0.2, 0.25) is 23.6 Å². The molecule has 0 aliphatic rings. The summed E-state index contributed by atoms with van der Waals surface area (Å²) >= 11 is 0. The first-order chi connectivity index (χ1) is 17.8. The van der Waals surface area contributed by atoms with E-state index in [4.69, 9.17) is 11.5 Å². The molecule has 0 spiro atoms. The van der Waals surface area contributed by atoms with Gasteiger partial charge in [-0.1, -0.05) is 52.3 Å². The predicted molar refractivity (Wildman–Crippen MR) is 142 cm³/mol. The van der Waals surface area contributed by atoms with Gasteiger partial charge in [0.05, 0.1) is 12.5 Å². The number of benzene rings is 1. The summed E-state index contributed by atoms with van der Waals surface area (Å²) in [5, 5.41) is 18.3. The van der Waals surface area contributed by atoms with Crippen molar-refractivity contribution >= 4 is 40.5 Å². The number of nitrogens with one attached hydrogen (secondary N) is 4. The van der Waals surface area contributed by atoms with Crippen molar-refractivity contribution in [1.82, 2.24) is 20.9 Å². The SMILES string of the molecule is CCC(C)C(NC(=O)C(Cc1c[nH]c2ccccc12)NC(=O)C(NC(=O)C(N)CC(N)=O)C(C)C)C(=O)O. The van der Waals surface area contributed by atoms with Crippen LogP contribution < -0.4 is 27.4 Å². The lowest BCUT2D eigenvalue weighted by Crippen LogP contribution is -2.59. The maximum Gasteiger partial charge on any atom is 0.326 e. The molecule has 9 N–H and O–H groups in total. The van der Waals surface area contributed by atoms with Crippen molar-refractivity contribution in [2.75, 3.05) is 0 Å². The van der Waals surface area contributed by atoms with Crippen LogP contribution in [0.2, 0.25) is 0 Å². The summed E-state index contributed by atoms with van der Waals surface area (Å²) < 4.78 is 0. The molecule has 4 amide bonds. The number of aromatic amines is 1. The van der Waals surface area contributed by atoms with E-state index in [1.807, 2.05) is 31.2 Å². The molecule has 0 aliphatic heterocycles. The fraction of sp³-hybridized carbons (Fsp3) is 0.500. The summed E-state index contributed by atoms with van der Waals surface area (Å²) in [6, 6.07) is 2.83. The molecule has 38 heavy (non-hydrogen) atoms. The average molecular weight is 531 g/mol. The Labute approximate surface area is 221 Å². The second-order valence-electron chi connectivity index (χ2n) is 9.84. The molecule has 1 aromatic heterocycles. The number of carboxylic acids is 1. The lowest BCUT2D eigenvalue weighted by Gasteiger charge is -2.28. The minimum Gasteiger partial charge on any atom is -0.480 e. The predicted octanol–water partition coefficient (Wildman–Crippen LogP) is 0.154. The first-order valence-corrected chi connectivity index (χ1v) is 12.6. The highest BCUT2D eigenvalue weighted by molar-refractivity contribution is 5.95. The van der Waals surface area contributed by atoms with Crippen LogP contribution in [0.3, 0.4) is 0 Å². The van der Waals surface area contributed by atoms with E-state index in [0.717, 1.165) is 16.5 Å². The van der Waals surface area contributed by atoms with E-state index < -0.39 is 66.1 Å². The molecule has 1 heterocycles. The Morgan fingerprint density at radius 3 is 2.16 bits per heavy atom. The van der Waals surface area contributed by atoms with Gasteiger partial charge in [-0.25, -0.2) is 4.79 Å². The second-order valence-corrected chi connectivity index (χ2v) is 9.84. The number of rotatable bonds is 14. The Kier molecular flexibility index (Phi) is 10.8.